The van der Waals surface area contributed by atoms with Crippen molar-refractivity contribution in [3.8, 4) is 23.0 Å². The average Bonchev–Trinajstić information content (AvgIpc) is 4.23. The van der Waals surface area contributed by atoms with Gasteiger partial charge in [0, 0.05) is 83.3 Å². The van der Waals surface area contributed by atoms with Crippen molar-refractivity contribution < 1.29 is 41.0 Å². The minimum Gasteiger partial charge on any atom is -0.457 e. The molecule has 0 atom stereocenters. The van der Waals surface area contributed by atoms with E-state index in [-0.39, 0.29) is 64.1 Å². The number of piperazine rings is 2. The van der Waals surface area contributed by atoms with Gasteiger partial charge < -0.3 is 39.7 Å². The molecule has 0 bridgehead atoms. The number of hydrogen-bond acceptors (Lipinski definition) is 19. The number of aromatic nitrogens is 13. The third kappa shape index (κ3) is 10.6. The predicted octanol–water partition coefficient (Wildman–Crippen LogP) is 7.89. The minimum absolute atomic E-state index is 0.0594. The molecule has 8 heterocycles. The van der Waals surface area contributed by atoms with Crippen molar-refractivity contribution in [3.63, 3.8) is 0 Å². The van der Waals surface area contributed by atoms with Gasteiger partial charge in [-0.05, 0) is 72.8 Å². The molecule has 12 rings (SSSR count). The number of carbonyl (C=O) groups excluding carboxylic acids is 2. The van der Waals surface area contributed by atoms with Crippen LogP contribution in [-0.2, 0) is 29.4 Å². The molecule has 2 amide bonds. The van der Waals surface area contributed by atoms with E-state index in [0.29, 0.717) is 97.2 Å². The van der Waals surface area contributed by atoms with Gasteiger partial charge in [0.05, 0.1) is 35.0 Å². The minimum atomic E-state index is -4.82. The number of hydrogen-bond donors (Lipinski definition) is 2. The molecular formula is C54H44F5N19O4. The first-order chi connectivity index (χ1) is 39.7. The first-order valence-corrected chi connectivity index (χ1v) is 25.4. The van der Waals surface area contributed by atoms with E-state index >= 15 is 8.78 Å². The fourth-order valence-corrected chi connectivity index (χ4v) is 9.43. The number of alkyl halides is 3. The van der Waals surface area contributed by atoms with Crippen LogP contribution >= 0.6 is 0 Å². The Morgan fingerprint density at radius 3 is 2.04 bits per heavy atom. The highest BCUT2D eigenvalue weighted by Crippen LogP contribution is 2.41. The van der Waals surface area contributed by atoms with E-state index in [2.05, 4.69) is 67.7 Å². The van der Waals surface area contributed by atoms with Crippen molar-refractivity contribution in [1.29, 1.82) is 0 Å². The van der Waals surface area contributed by atoms with Crippen LogP contribution in [0.1, 0.15) is 5.56 Å². The van der Waals surface area contributed by atoms with E-state index in [0.717, 1.165) is 11.6 Å². The van der Waals surface area contributed by atoms with Gasteiger partial charge in [-0.3, -0.25) is 9.59 Å². The number of carbonyl (C=O) groups is 2. The van der Waals surface area contributed by atoms with E-state index < -0.39 is 29.1 Å². The Morgan fingerprint density at radius 2 is 1.29 bits per heavy atom. The SMILES string of the molecule is C=CC(=O)N1CCN(c2ncc3ncnc(Nc4ccc(Oc5ccc6c(c5)nnn6C/C=C/C(=O)N5CCN(c6ccc7ncnc(Nc8ccc(Oc9ccc%10c(c9)nnn%10C)c(F)c8F)c7n6)CC5)c(C(F)(F)F)c4)c3n2)CC1. The summed E-state index contributed by atoms with van der Waals surface area (Å²) in [6.07, 6.45) is 3.57. The number of aryl methyl sites for hydroxylation is 1. The molecule has 10 aromatic rings. The molecule has 0 saturated carbocycles. The number of nitrogens with one attached hydrogen (secondary N) is 2. The third-order valence-electron chi connectivity index (χ3n) is 13.7. The van der Waals surface area contributed by atoms with E-state index in [4.69, 9.17) is 14.5 Å². The predicted molar refractivity (Wildman–Crippen MR) is 290 cm³/mol. The molecule has 0 spiro atoms. The van der Waals surface area contributed by atoms with Crippen molar-refractivity contribution in [2.24, 2.45) is 7.05 Å². The summed E-state index contributed by atoms with van der Waals surface area (Å²) in [4.78, 5) is 63.6. The number of anilines is 6. The zero-order valence-electron chi connectivity index (χ0n) is 43.2. The third-order valence-corrected chi connectivity index (χ3v) is 13.7. The van der Waals surface area contributed by atoms with Gasteiger partial charge in [0.25, 0.3) is 0 Å². The van der Waals surface area contributed by atoms with Gasteiger partial charge in [-0.1, -0.05) is 23.1 Å². The normalized spacial score (nSPS) is 14.1. The van der Waals surface area contributed by atoms with E-state index in [9.17, 15) is 22.8 Å². The van der Waals surface area contributed by atoms with E-state index in [1.54, 1.807) is 64.0 Å². The number of ether oxygens (including phenoxy) is 2. The first kappa shape index (κ1) is 52.2. The molecule has 2 N–H and O–H groups in total. The van der Waals surface area contributed by atoms with Crippen LogP contribution in [0.3, 0.4) is 0 Å². The van der Waals surface area contributed by atoms with E-state index in [1.807, 2.05) is 9.80 Å². The van der Waals surface area contributed by atoms with Crippen LogP contribution < -0.4 is 29.9 Å². The molecule has 0 radical (unpaired) electrons. The highest BCUT2D eigenvalue weighted by molar-refractivity contribution is 5.90. The molecule has 2 saturated heterocycles. The van der Waals surface area contributed by atoms with Crippen LogP contribution in [0.5, 0.6) is 23.0 Å². The molecule has 2 aliphatic heterocycles. The number of halogens is 5. The quantitative estimate of drug-likeness (QED) is 0.0777. The summed E-state index contributed by atoms with van der Waals surface area (Å²) in [7, 11) is 1.73. The van der Waals surface area contributed by atoms with Crippen LogP contribution in [0.15, 0.2) is 123 Å². The maximum atomic E-state index is 15.5. The molecule has 6 aromatic heterocycles. The van der Waals surface area contributed by atoms with Crippen LogP contribution in [0.4, 0.5) is 56.7 Å². The lowest BCUT2D eigenvalue weighted by atomic mass is 10.1. The summed E-state index contributed by atoms with van der Waals surface area (Å²) in [5, 5.41) is 22.2. The summed E-state index contributed by atoms with van der Waals surface area (Å²) < 4.78 is 89.5. The highest BCUT2D eigenvalue weighted by Gasteiger charge is 2.35. The van der Waals surface area contributed by atoms with Crippen molar-refractivity contribution in [2.75, 3.05) is 72.8 Å². The molecule has 28 heteroatoms. The largest absolute Gasteiger partial charge is 0.457 e. The summed E-state index contributed by atoms with van der Waals surface area (Å²) in [5.41, 5.74) is 2.38. The second-order valence-electron chi connectivity index (χ2n) is 18.8. The van der Waals surface area contributed by atoms with Crippen LogP contribution in [0, 0.1) is 11.6 Å². The first-order valence-electron chi connectivity index (χ1n) is 25.4. The Labute approximate surface area is 460 Å². The fraction of sp³-hybridized carbons (Fsp3) is 0.204. The lowest BCUT2D eigenvalue weighted by Crippen LogP contribution is -2.48. The number of nitrogens with zero attached hydrogens (tertiary/aromatic N) is 17. The Hall–Kier alpha value is -10.5. The van der Waals surface area contributed by atoms with Crippen LogP contribution in [-0.4, -0.2) is 139 Å². The van der Waals surface area contributed by atoms with Gasteiger partial charge >= 0.3 is 6.18 Å². The number of allylic oxidation sites excluding steroid dienone is 1. The van der Waals surface area contributed by atoms with Crippen molar-refractivity contribution >= 4 is 90.7 Å². The Bertz CT molecular complexity index is 4160. The maximum Gasteiger partial charge on any atom is 0.420 e. The molecule has 4 aromatic carbocycles. The number of fused-ring (bicyclic) bond motifs is 4. The van der Waals surface area contributed by atoms with Gasteiger partial charge in [-0.15, -0.1) is 10.2 Å². The van der Waals surface area contributed by atoms with Crippen LogP contribution in [0.25, 0.3) is 44.1 Å². The number of benzene rings is 4. The zero-order chi connectivity index (χ0) is 56.6. The summed E-state index contributed by atoms with van der Waals surface area (Å²) in [5.74, 6) is -2.06. The summed E-state index contributed by atoms with van der Waals surface area (Å²) in [6, 6.07) is 19.2. The average molecular weight is 1120 g/mol. The molecule has 82 heavy (non-hydrogen) atoms. The van der Waals surface area contributed by atoms with Crippen molar-refractivity contribution in [1.82, 2.24) is 74.7 Å². The molecule has 2 aliphatic rings. The highest BCUT2D eigenvalue weighted by atomic mass is 19.4. The number of pyridine rings is 1. The smallest absolute Gasteiger partial charge is 0.420 e. The lowest BCUT2D eigenvalue weighted by Gasteiger charge is -2.35. The van der Waals surface area contributed by atoms with Crippen LogP contribution in [0.2, 0.25) is 0 Å². The lowest BCUT2D eigenvalue weighted by molar-refractivity contribution is -0.138. The Kier molecular flexibility index (Phi) is 13.7. The molecule has 0 unspecified atom stereocenters. The summed E-state index contributed by atoms with van der Waals surface area (Å²) >= 11 is 0. The molecule has 414 valence electrons. The number of amides is 2. The monoisotopic (exact) mass is 1120 g/mol. The van der Waals surface area contributed by atoms with Gasteiger partial charge in [-0.25, -0.2) is 48.6 Å². The number of rotatable bonds is 14. The zero-order valence-corrected chi connectivity index (χ0v) is 43.2. The van der Waals surface area contributed by atoms with Gasteiger partial charge in [0.15, 0.2) is 23.2 Å². The molecule has 2 fully saturated rings. The van der Waals surface area contributed by atoms with Crippen molar-refractivity contribution in [2.45, 2.75) is 12.7 Å². The van der Waals surface area contributed by atoms with Gasteiger partial charge in [0.1, 0.15) is 68.9 Å². The second-order valence-corrected chi connectivity index (χ2v) is 18.8. The molecule has 23 nitrogen and oxygen atoms in total. The molecular weight excluding hydrogens is 1070 g/mol. The van der Waals surface area contributed by atoms with Crippen molar-refractivity contribution in [3.05, 3.63) is 140 Å². The fourth-order valence-electron chi connectivity index (χ4n) is 9.43. The maximum absolute atomic E-state index is 15.5. The van der Waals surface area contributed by atoms with E-state index in [1.165, 1.54) is 72.1 Å². The molecule has 0 aliphatic carbocycles. The summed E-state index contributed by atoms with van der Waals surface area (Å²) in [6.45, 7) is 7.09. The Morgan fingerprint density at radius 1 is 0.646 bits per heavy atom. The Balaban J connectivity index is 0.658. The van der Waals surface area contributed by atoms with Gasteiger partial charge in [0.2, 0.25) is 23.6 Å². The standard InChI is InChI=1S/C54H44F5N19O4/c1-3-45(79)75-21-23-77(24-22-75)53-60-28-39-50(68-53)51(63-30-62-39)65-31-6-13-42(34(25-31)54(57,58)59)81-32-8-12-41-38(27-32)70-72-78(41)16-4-5-46(80)76-19-17-74(18-20-76)44-15-10-36-49(67-44)52(64-29-61-36)66-35-9-14-43(48(56)47(35)55)82-33-7-11-40-37(26-33)69-71-73(40)2/h3-15,25-30H,1,16-24H2,2H3,(H,61,64,66)(H,62,63,65)/b5-4+. The van der Waals surface area contributed by atoms with Gasteiger partial charge in [-0.2, -0.15) is 17.6 Å². The topological polar surface area (TPSA) is 241 Å². The second kappa shape index (κ2) is 21.6.